The smallest absolute Gasteiger partial charge is 0.219 e. The van der Waals surface area contributed by atoms with E-state index in [9.17, 15) is 4.79 Å². The van der Waals surface area contributed by atoms with Crippen LogP contribution in [-0.4, -0.2) is 58.2 Å². The Morgan fingerprint density at radius 3 is 2.54 bits per heavy atom. The quantitative estimate of drug-likeness (QED) is 0.777. The lowest BCUT2D eigenvalue weighted by molar-refractivity contribution is -0.130. The lowest BCUT2D eigenvalue weighted by atomic mass is 10.2. The average Bonchev–Trinajstić information content (AvgIpc) is 2.96. The molecule has 7 heteroatoms. The first-order chi connectivity index (χ1) is 12.4. The van der Waals surface area contributed by atoms with Crippen molar-refractivity contribution in [1.29, 1.82) is 0 Å². The zero-order valence-corrected chi connectivity index (χ0v) is 16.7. The fourth-order valence-electron chi connectivity index (χ4n) is 3.33. The lowest BCUT2D eigenvalue weighted by Crippen LogP contribution is -2.48. The van der Waals surface area contributed by atoms with Crippen LogP contribution in [0, 0.1) is 6.92 Å². The van der Waals surface area contributed by atoms with E-state index in [0.29, 0.717) is 10.0 Å². The average molecular weight is 395 g/mol. The molecule has 0 spiro atoms. The zero-order valence-electron chi connectivity index (χ0n) is 15.2. The number of rotatable bonds is 5. The monoisotopic (exact) mass is 394 g/mol. The van der Waals surface area contributed by atoms with Crippen molar-refractivity contribution in [2.24, 2.45) is 0 Å². The van der Waals surface area contributed by atoms with Crippen LogP contribution in [0.5, 0.6) is 0 Å². The Morgan fingerprint density at radius 2 is 1.88 bits per heavy atom. The van der Waals surface area contributed by atoms with Crippen LogP contribution in [-0.2, 0) is 11.2 Å². The highest BCUT2D eigenvalue weighted by Gasteiger charge is 2.18. The van der Waals surface area contributed by atoms with Crippen LogP contribution in [0.4, 0.5) is 0 Å². The molecule has 2 aromatic rings. The summed E-state index contributed by atoms with van der Waals surface area (Å²) in [4.78, 5) is 15.7. The van der Waals surface area contributed by atoms with Gasteiger partial charge in [0.1, 0.15) is 0 Å². The van der Waals surface area contributed by atoms with Gasteiger partial charge in [0.05, 0.1) is 16.4 Å². The molecule has 140 valence electrons. The van der Waals surface area contributed by atoms with Crippen molar-refractivity contribution in [2.75, 3.05) is 32.7 Å². The van der Waals surface area contributed by atoms with Gasteiger partial charge in [-0.05, 0) is 50.6 Å². The van der Waals surface area contributed by atoms with Crippen molar-refractivity contribution < 1.29 is 4.79 Å². The number of halogens is 2. The van der Waals surface area contributed by atoms with Gasteiger partial charge in [-0.15, -0.1) is 0 Å². The third kappa shape index (κ3) is 4.58. The summed E-state index contributed by atoms with van der Waals surface area (Å²) in [5.74, 6) is 0.173. The predicted molar refractivity (Wildman–Crippen MR) is 105 cm³/mol. The number of nitrogens with zero attached hydrogens (tertiary/aromatic N) is 4. The second kappa shape index (κ2) is 8.42. The molecule has 0 bridgehead atoms. The van der Waals surface area contributed by atoms with Gasteiger partial charge in [-0.2, -0.15) is 5.10 Å². The van der Waals surface area contributed by atoms with Crippen LogP contribution >= 0.6 is 23.2 Å². The standard InChI is InChI=1S/C19H24Cl2N4O/c1-14-12-17(22-25(14)19-6-5-16(20)13-18(19)21)4-3-7-23-8-10-24(11-9-23)15(2)26/h5-6,12-13H,3-4,7-11H2,1-2H3. The Hall–Kier alpha value is -1.56. The summed E-state index contributed by atoms with van der Waals surface area (Å²) in [6, 6.07) is 7.56. The predicted octanol–water partition coefficient (Wildman–Crippen LogP) is 3.58. The van der Waals surface area contributed by atoms with Gasteiger partial charge in [0.25, 0.3) is 0 Å². The van der Waals surface area contributed by atoms with Gasteiger partial charge < -0.3 is 4.90 Å². The van der Waals surface area contributed by atoms with E-state index < -0.39 is 0 Å². The highest BCUT2D eigenvalue weighted by molar-refractivity contribution is 6.35. The van der Waals surface area contributed by atoms with E-state index in [4.69, 9.17) is 28.3 Å². The second-order valence-electron chi connectivity index (χ2n) is 6.74. The van der Waals surface area contributed by atoms with Crippen molar-refractivity contribution >= 4 is 29.1 Å². The summed E-state index contributed by atoms with van der Waals surface area (Å²) < 4.78 is 1.87. The van der Waals surface area contributed by atoms with E-state index in [2.05, 4.69) is 11.0 Å². The number of hydrogen-bond acceptors (Lipinski definition) is 3. The van der Waals surface area contributed by atoms with Gasteiger partial charge in [0.15, 0.2) is 0 Å². The summed E-state index contributed by atoms with van der Waals surface area (Å²) in [7, 11) is 0. The maximum atomic E-state index is 11.4. The Bertz CT molecular complexity index is 782. The van der Waals surface area contributed by atoms with Gasteiger partial charge in [-0.3, -0.25) is 9.69 Å². The molecule has 5 nitrogen and oxygen atoms in total. The first-order valence-corrected chi connectivity index (χ1v) is 9.68. The molecule has 0 N–H and O–H groups in total. The minimum absolute atomic E-state index is 0.173. The van der Waals surface area contributed by atoms with E-state index in [0.717, 1.165) is 62.6 Å². The van der Waals surface area contributed by atoms with E-state index in [1.54, 1.807) is 13.0 Å². The molecule has 3 rings (SSSR count). The van der Waals surface area contributed by atoms with E-state index >= 15 is 0 Å². The first-order valence-electron chi connectivity index (χ1n) is 8.93. The molecule has 0 aliphatic carbocycles. The fourth-order valence-corrected chi connectivity index (χ4v) is 3.82. The molecule has 1 fully saturated rings. The van der Waals surface area contributed by atoms with Crippen LogP contribution in [0.2, 0.25) is 10.0 Å². The molecule has 1 aliphatic heterocycles. The van der Waals surface area contributed by atoms with Crippen molar-refractivity contribution in [1.82, 2.24) is 19.6 Å². The summed E-state index contributed by atoms with van der Waals surface area (Å²) in [5, 5.41) is 5.92. The molecule has 0 unspecified atom stereocenters. The van der Waals surface area contributed by atoms with Crippen LogP contribution in [0.25, 0.3) is 5.69 Å². The molecule has 1 aliphatic rings. The summed E-state index contributed by atoms with van der Waals surface area (Å²) >= 11 is 12.3. The Labute approximate surface area is 164 Å². The largest absolute Gasteiger partial charge is 0.340 e. The molecule has 0 saturated carbocycles. The molecule has 2 heterocycles. The molecular formula is C19H24Cl2N4O. The second-order valence-corrected chi connectivity index (χ2v) is 7.58. The summed E-state index contributed by atoms with van der Waals surface area (Å²) in [6.45, 7) is 8.26. The van der Waals surface area contributed by atoms with Crippen molar-refractivity contribution in [3.63, 3.8) is 0 Å². The molecule has 0 atom stereocenters. The fraction of sp³-hybridized carbons (Fsp3) is 0.474. The van der Waals surface area contributed by atoms with Gasteiger partial charge >= 0.3 is 0 Å². The molecule has 1 aromatic heterocycles. The van der Waals surface area contributed by atoms with Crippen molar-refractivity contribution in [3.8, 4) is 5.69 Å². The minimum Gasteiger partial charge on any atom is -0.340 e. The molecular weight excluding hydrogens is 371 g/mol. The van der Waals surface area contributed by atoms with Gasteiger partial charge in [-0.1, -0.05) is 23.2 Å². The lowest BCUT2D eigenvalue weighted by Gasteiger charge is -2.34. The maximum Gasteiger partial charge on any atom is 0.219 e. The SMILES string of the molecule is CC(=O)N1CCN(CCCc2cc(C)n(-c3ccc(Cl)cc3Cl)n2)CC1. The zero-order chi connectivity index (χ0) is 18.7. The number of carbonyl (C=O) groups excluding carboxylic acids is 1. The van der Waals surface area contributed by atoms with Gasteiger partial charge in [0, 0.05) is 43.8 Å². The first kappa shape index (κ1) is 19.2. The van der Waals surface area contributed by atoms with Crippen molar-refractivity contribution in [3.05, 3.63) is 45.7 Å². The Morgan fingerprint density at radius 1 is 1.15 bits per heavy atom. The van der Waals surface area contributed by atoms with Crippen molar-refractivity contribution in [2.45, 2.75) is 26.7 Å². The number of aromatic nitrogens is 2. The van der Waals surface area contributed by atoms with E-state index in [-0.39, 0.29) is 5.91 Å². The topological polar surface area (TPSA) is 41.4 Å². The normalized spacial score (nSPS) is 15.5. The third-order valence-electron chi connectivity index (χ3n) is 4.80. The number of hydrogen-bond donors (Lipinski definition) is 0. The number of amides is 1. The van der Waals surface area contributed by atoms with Crippen LogP contribution in [0.3, 0.4) is 0 Å². The summed E-state index contributed by atoms with van der Waals surface area (Å²) in [5.41, 5.74) is 2.97. The highest BCUT2D eigenvalue weighted by atomic mass is 35.5. The molecule has 0 radical (unpaired) electrons. The van der Waals surface area contributed by atoms with E-state index in [1.165, 1.54) is 0 Å². The highest BCUT2D eigenvalue weighted by Crippen LogP contribution is 2.25. The maximum absolute atomic E-state index is 11.4. The summed E-state index contributed by atoms with van der Waals surface area (Å²) in [6.07, 6.45) is 1.97. The number of aryl methyl sites for hydroxylation is 2. The third-order valence-corrected chi connectivity index (χ3v) is 5.34. The Balaban J connectivity index is 1.54. The molecule has 1 saturated heterocycles. The number of benzene rings is 1. The molecule has 1 amide bonds. The van der Waals surface area contributed by atoms with Crippen LogP contribution < -0.4 is 0 Å². The molecule has 26 heavy (non-hydrogen) atoms. The van der Waals surface area contributed by atoms with Crippen LogP contribution in [0.15, 0.2) is 24.3 Å². The van der Waals surface area contributed by atoms with Gasteiger partial charge in [-0.25, -0.2) is 4.68 Å². The minimum atomic E-state index is 0.173. The van der Waals surface area contributed by atoms with E-state index in [1.807, 2.05) is 28.6 Å². The number of carbonyl (C=O) groups is 1. The number of piperazine rings is 1. The van der Waals surface area contributed by atoms with Crippen LogP contribution in [0.1, 0.15) is 24.7 Å². The Kier molecular flexibility index (Phi) is 6.22. The molecule has 1 aromatic carbocycles. The van der Waals surface area contributed by atoms with Gasteiger partial charge in [0.2, 0.25) is 5.91 Å².